The molecule has 5 heteroatoms. The number of carbonyl (C=O) groups is 1. The predicted octanol–water partition coefficient (Wildman–Crippen LogP) is 2.96. The van der Waals surface area contributed by atoms with E-state index in [-0.39, 0.29) is 5.91 Å². The minimum Gasteiger partial charge on any atom is -0.368 e. The van der Waals surface area contributed by atoms with Crippen molar-refractivity contribution < 1.29 is 4.79 Å². The van der Waals surface area contributed by atoms with Crippen molar-refractivity contribution in [3.05, 3.63) is 34.9 Å². The van der Waals surface area contributed by atoms with E-state index in [2.05, 4.69) is 11.4 Å². The molecule has 0 spiro atoms. The lowest BCUT2D eigenvalue weighted by Gasteiger charge is -2.38. The topological polar surface area (TPSA) is 55.1 Å². The van der Waals surface area contributed by atoms with E-state index in [1.807, 2.05) is 37.0 Å². The van der Waals surface area contributed by atoms with Gasteiger partial charge in [-0.25, -0.2) is 0 Å². The molecule has 0 heterocycles. The molecule has 1 saturated carbocycles. The third-order valence-corrected chi connectivity index (χ3v) is 5.81. The minimum absolute atomic E-state index is 0.233. The Morgan fingerprint density at radius 3 is 2.95 bits per heavy atom. The van der Waals surface area contributed by atoms with Crippen molar-refractivity contribution in [2.45, 2.75) is 42.2 Å². The van der Waals surface area contributed by atoms with Gasteiger partial charge in [-0.05, 0) is 44.4 Å². The molecule has 1 aliphatic carbocycles. The van der Waals surface area contributed by atoms with E-state index in [0.717, 1.165) is 42.0 Å². The Bertz CT molecular complexity index is 483. The second-order valence-electron chi connectivity index (χ2n) is 5.32. The Morgan fingerprint density at radius 2 is 2.30 bits per heavy atom. The normalized spacial score (nSPS) is 26.4. The Kier molecular flexibility index (Phi) is 5.35. The molecule has 1 aliphatic rings. The van der Waals surface area contributed by atoms with E-state index in [4.69, 9.17) is 17.3 Å². The number of hydrogen-bond acceptors (Lipinski definition) is 3. The van der Waals surface area contributed by atoms with Gasteiger partial charge in [0.2, 0.25) is 5.91 Å². The zero-order chi connectivity index (χ0) is 14.6. The smallest absolute Gasteiger partial charge is 0.237 e. The Balaban J connectivity index is 1.97. The van der Waals surface area contributed by atoms with Gasteiger partial charge < -0.3 is 11.1 Å². The van der Waals surface area contributed by atoms with Crippen LogP contribution in [-0.4, -0.2) is 23.7 Å². The maximum Gasteiger partial charge on any atom is 0.237 e. The lowest BCUT2D eigenvalue weighted by atomic mass is 9.81. The van der Waals surface area contributed by atoms with Crippen LogP contribution in [0.4, 0.5) is 0 Å². The van der Waals surface area contributed by atoms with Crippen molar-refractivity contribution >= 4 is 29.3 Å². The highest BCUT2D eigenvalue weighted by molar-refractivity contribution is 7.99. The average molecular weight is 313 g/mol. The highest BCUT2D eigenvalue weighted by Crippen LogP contribution is 2.36. The van der Waals surface area contributed by atoms with Gasteiger partial charge in [0, 0.05) is 16.0 Å². The van der Waals surface area contributed by atoms with Crippen molar-refractivity contribution in [1.82, 2.24) is 5.32 Å². The molecule has 1 amide bonds. The summed E-state index contributed by atoms with van der Waals surface area (Å²) in [5, 5.41) is 4.40. The van der Waals surface area contributed by atoms with E-state index < -0.39 is 5.54 Å². The van der Waals surface area contributed by atoms with Crippen LogP contribution in [0.3, 0.4) is 0 Å². The number of primary amides is 1. The number of halogens is 1. The number of amides is 1. The van der Waals surface area contributed by atoms with Crippen LogP contribution in [0.2, 0.25) is 5.02 Å². The van der Waals surface area contributed by atoms with Gasteiger partial charge >= 0.3 is 0 Å². The molecular weight excluding hydrogens is 292 g/mol. The molecule has 3 nitrogen and oxygen atoms in total. The molecule has 1 fully saturated rings. The Hall–Kier alpha value is -0.710. The van der Waals surface area contributed by atoms with E-state index in [1.165, 1.54) is 0 Å². The molecule has 2 atom stereocenters. The van der Waals surface area contributed by atoms with Gasteiger partial charge in [0.1, 0.15) is 0 Å². The van der Waals surface area contributed by atoms with E-state index in [0.29, 0.717) is 5.25 Å². The van der Waals surface area contributed by atoms with E-state index in [9.17, 15) is 4.79 Å². The fraction of sp³-hybridized carbons (Fsp3) is 0.533. The first-order valence-corrected chi connectivity index (χ1v) is 8.34. The molecular formula is C15H21ClN2OS. The Morgan fingerprint density at radius 1 is 1.55 bits per heavy atom. The third kappa shape index (κ3) is 3.48. The third-order valence-electron chi connectivity index (χ3n) is 4.09. The largest absolute Gasteiger partial charge is 0.368 e. The maximum atomic E-state index is 11.7. The summed E-state index contributed by atoms with van der Waals surface area (Å²) in [4.78, 5) is 11.7. The summed E-state index contributed by atoms with van der Waals surface area (Å²) >= 11 is 8.04. The molecule has 1 aromatic carbocycles. The number of benzene rings is 1. The van der Waals surface area contributed by atoms with Gasteiger partial charge in [0.05, 0.1) is 5.54 Å². The SMILES string of the molecule is CNC1(C(N)=O)CCCC(SCc2ccccc2Cl)C1. The fourth-order valence-corrected chi connectivity index (χ4v) is 4.45. The van der Waals surface area contributed by atoms with Gasteiger partial charge in [0.25, 0.3) is 0 Å². The van der Waals surface area contributed by atoms with Crippen LogP contribution in [0, 0.1) is 0 Å². The molecule has 0 aliphatic heterocycles. The standard InChI is InChI=1S/C15H21ClN2OS/c1-18-15(14(17)19)8-4-6-12(9-15)20-10-11-5-2-3-7-13(11)16/h2-3,5,7,12,18H,4,6,8-10H2,1H3,(H2,17,19). The van der Waals surface area contributed by atoms with Crippen LogP contribution in [0.5, 0.6) is 0 Å². The summed E-state index contributed by atoms with van der Waals surface area (Å²) in [6.45, 7) is 0. The zero-order valence-electron chi connectivity index (χ0n) is 11.7. The first-order valence-electron chi connectivity index (χ1n) is 6.91. The minimum atomic E-state index is -0.531. The van der Waals surface area contributed by atoms with Crippen molar-refractivity contribution in [2.24, 2.45) is 5.73 Å². The number of rotatable bonds is 5. The van der Waals surface area contributed by atoms with Crippen LogP contribution in [0.15, 0.2) is 24.3 Å². The van der Waals surface area contributed by atoms with Gasteiger partial charge in [-0.2, -0.15) is 11.8 Å². The molecule has 2 rings (SSSR count). The molecule has 2 unspecified atom stereocenters. The van der Waals surface area contributed by atoms with Gasteiger partial charge in [-0.15, -0.1) is 0 Å². The molecule has 20 heavy (non-hydrogen) atoms. The lowest BCUT2D eigenvalue weighted by molar-refractivity contribution is -0.125. The molecule has 3 N–H and O–H groups in total. The van der Waals surface area contributed by atoms with Gasteiger partial charge in [-0.1, -0.05) is 29.8 Å². The summed E-state index contributed by atoms with van der Waals surface area (Å²) in [6.07, 6.45) is 3.80. The first-order chi connectivity index (χ1) is 9.57. The highest BCUT2D eigenvalue weighted by Gasteiger charge is 2.40. The zero-order valence-corrected chi connectivity index (χ0v) is 13.3. The summed E-state index contributed by atoms with van der Waals surface area (Å²) < 4.78 is 0. The monoisotopic (exact) mass is 312 g/mol. The molecule has 0 radical (unpaired) electrons. The summed E-state index contributed by atoms with van der Waals surface area (Å²) in [5.41, 5.74) is 6.19. The van der Waals surface area contributed by atoms with E-state index in [1.54, 1.807) is 0 Å². The molecule has 0 saturated heterocycles. The van der Waals surface area contributed by atoms with Gasteiger partial charge in [0.15, 0.2) is 0 Å². The second-order valence-corrected chi connectivity index (χ2v) is 7.01. The summed E-state index contributed by atoms with van der Waals surface area (Å²) in [7, 11) is 1.83. The highest BCUT2D eigenvalue weighted by atomic mass is 35.5. The van der Waals surface area contributed by atoms with Crippen molar-refractivity contribution in [3.63, 3.8) is 0 Å². The lowest BCUT2D eigenvalue weighted by Crippen LogP contribution is -2.57. The summed E-state index contributed by atoms with van der Waals surface area (Å²) in [5.74, 6) is 0.645. The molecule has 110 valence electrons. The van der Waals surface area contributed by atoms with Crippen LogP contribution in [-0.2, 0) is 10.5 Å². The number of hydrogen-bond donors (Lipinski definition) is 2. The van der Waals surface area contributed by atoms with Crippen LogP contribution >= 0.6 is 23.4 Å². The Labute approximate surface area is 129 Å². The predicted molar refractivity (Wildman–Crippen MR) is 86.0 cm³/mol. The van der Waals surface area contributed by atoms with Crippen molar-refractivity contribution in [2.75, 3.05) is 7.05 Å². The number of likely N-dealkylation sites (N-methyl/N-ethyl adjacent to an activating group) is 1. The maximum absolute atomic E-state index is 11.7. The van der Waals surface area contributed by atoms with Crippen LogP contribution in [0.1, 0.15) is 31.2 Å². The molecule has 1 aromatic rings. The second kappa shape index (κ2) is 6.83. The average Bonchev–Trinajstić information content (AvgIpc) is 2.46. The number of nitrogens with two attached hydrogens (primary N) is 1. The first kappa shape index (κ1) is 15.7. The fourth-order valence-electron chi connectivity index (χ4n) is 2.76. The van der Waals surface area contributed by atoms with E-state index >= 15 is 0 Å². The summed E-state index contributed by atoms with van der Waals surface area (Å²) in [6, 6.07) is 7.91. The molecule has 0 aromatic heterocycles. The van der Waals surface area contributed by atoms with Crippen LogP contribution in [0.25, 0.3) is 0 Å². The van der Waals surface area contributed by atoms with Crippen molar-refractivity contribution in [3.8, 4) is 0 Å². The van der Waals surface area contributed by atoms with Crippen molar-refractivity contribution in [1.29, 1.82) is 0 Å². The number of nitrogens with one attached hydrogen (secondary N) is 1. The quantitative estimate of drug-likeness (QED) is 0.879. The molecule has 0 bridgehead atoms. The van der Waals surface area contributed by atoms with Gasteiger partial charge in [-0.3, -0.25) is 4.79 Å². The number of thioether (sulfide) groups is 1. The van der Waals surface area contributed by atoms with Crippen LogP contribution < -0.4 is 11.1 Å². The number of carbonyl (C=O) groups excluding carboxylic acids is 1.